The second-order valence-corrected chi connectivity index (χ2v) is 6.85. The molecule has 0 aliphatic carbocycles. The molecule has 0 atom stereocenters. The highest BCUT2D eigenvalue weighted by molar-refractivity contribution is 9.11. The Hall–Kier alpha value is -2.38. The third-order valence-electron chi connectivity index (χ3n) is 3.45. The number of nitrogens with one attached hydrogen (secondary N) is 1. The number of halogens is 2. The van der Waals surface area contributed by atoms with E-state index in [1.54, 1.807) is 24.3 Å². The molecule has 25 heavy (non-hydrogen) atoms. The number of hydrogen-bond acceptors (Lipinski definition) is 3. The van der Waals surface area contributed by atoms with Crippen LogP contribution in [0.15, 0.2) is 75.0 Å². The summed E-state index contributed by atoms with van der Waals surface area (Å²) < 4.78 is 2.94. The zero-order chi connectivity index (χ0) is 17.8. The zero-order valence-corrected chi connectivity index (χ0v) is 16.0. The van der Waals surface area contributed by atoms with Crippen LogP contribution in [0, 0.1) is 0 Å². The molecule has 126 valence electrons. The van der Waals surface area contributed by atoms with Gasteiger partial charge < -0.3 is 9.67 Å². The van der Waals surface area contributed by atoms with Crippen molar-refractivity contribution in [2.24, 2.45) is 5.10 Å². The van der Waals surface area contributed by atoms with Gasteiger partial charge in [-0.25, -0.2) is 5.43 Å². The summed E-state index contributed by atoms with van der Waals surface area (Å²) in [6, 6.07) is 14.5. The lowest BCUT2D eigenvalue weighted by Crippen LogP contribution is -2.19. The lowest BCUT2D eigenvalue weighted by Gasteiger charge is -2.09. The molecule has 3 aromatic rings. The number of hydrazone groups is 1. The molecule has 1 heterocycles. The molecule has 5 nitrogen and oxygen atoms in total. The van der Waals surface area contributed by atoms with Crippen molar-refractivity contribution in [3.63, 3.8) is 0 Å². The standard InChI is InChI=1S/C18H13Br2N3O2/c19-14-9-12(10-15(20)17(14)24)11-21-22-18(25)13-5-1-2-6-16(13)23-7-3-4-8-23/h1-11,24H,(H,22,25). The number of phenolic OH excluding ortho intramolecular Hbond substituents is 1. The maximum absolute atomic E-state index is 12.4. The summed E-state index contributed by atoms with van der Waals surface area (Å²) in [7, 11) is 0. The first-order valence-corrected chi connectivity index (χ1v) is 8.88. The van der Waals surface area contributed by atoms with E-state index >= 15 is 0 Å². The van der Waals surface area contributed by atoms with Gasteiger partial charge in [-0.15, -0.1) is 0 Å². The molecule has 0 aliphatic rings. The second kappa shape index (κ2) is 7.67. The summed E-state index contributed by atoms with van der Waals surface area (Å²) in [4.78, 5) is 12.4. The molecule has 2 aromatic carbocycles. The molecule has 1 amide bonds. The highest BCUT2D eigenvalue weighted by Crippen LogP contribution is 2.32. The van der Waals surface area contributed by atoms with E-state index in [-0.39, 0.29) is 11.7 Å². The third kappa shape index (κ3) is 4.00. The summed E-state index contributed by atoms with van der Waals surface area (Å²) in [5, 5.41) is 13.7. The predicted octanol–water partition coefficient (Wildman–Crippen LogP) is 4.47. The van der Waals surface area contributed by atoms with Gasteiger partial charge in [-0.1, -0.05) is 12.1 Å². The highest BCUT2D eigenvalue weighted by atomic mass is 79.9. The van der Waals surface area contributed by atoms with Crippen molar-refractivity contribution in [2.45, 2.75) is 0 Å². The van der Waals surface area contributed by atoms with E-state index in [4.69, 9.17) is 0 Å². The second-order valence-electron chi connectivity index (χ2n) is 5.14. The normalized spacial score (nSPS) is 11.0. The van der Waals surface area contributed by atoms with Crippen molar-refractivity contribution in [1.29, 1.82) is 0 Å². The van der Waals surface area contributed by atoms with Gasteiger partial charge in [0.1, 0.15) is 5.75 Å². The van der Waals surface area contributed by atoms with Gasteiger partial charge in [0.05, 0.1) is 26.4 Å². The smallest absolute Gasteiger partial charge is 0.273 e. The Morgan fingerprint density at radius 2 is 1.72 bits per heavy atom. The van der Waals surface area contributed by atoms with Crippen LogP contribution in [0.4, 0.5) is 0 Å². The van der Waals surface area contributed by atoms with E-state index in [1.807, 2.05) is 41.2 Å². The topological polar surface area (TPSA) is 66.6 Å². The lowest BCUT2D eigenvalue weighted by atomic mass is 10.1. The van der Waals surface area contributed by atoms with Gasteiger partial charge in [-0.2, -0.15) is 5.10 Å². The molecule has 7 heteroatoms. The van der Waals surface area contributed by atoms with Gasteiger partial charge >= 0.3 is 0 Å². The molecular formula is C18H13Br2N3O2. The van der Waals surface area contributed by atoms with E-state index in [1.165, 1.54) is 6.21 Å². The van der Waals surface area contributed by atoms with Crippen molar-refractivity contribution in [2.75, 3.05) is 0 Å². The van der Waals surface area contributed by atoms with E-state index in [2.05, 4.69) is 42.4 Å². The van der Waals surface area contributed by atoms with E-state index in [0.29, 0.717) is 14.5 Å². The van der Waals surface area contributed by atoms with Crippen molar-refractivity contribution in [3.05, 3.63) is 81.0 Å². The van der Waals surface area contributed by atoms with Crippen LogP contribution in [0.5, 0.6) is 5.75 Å². The number of carbonyl (C=O) groups excluding carboxylic acids is 1. The van der Waals surface area contributed by atoms with Gasteiger partial charge in [0.25, 0.3) is 5.91 Å². The third-order valence-corrected chi connectivity index (χ3v) is 4.66. The summed E-state index contributed by atoms with van der Waals surface area (Å²) in [6.07, 6.45) is 5.26. The number of benzene rings is 2. The van der Waals surface area contributed by atoms with Crippen LogP contribution in [0.1, 0.15) is 15.9 Å². The van der Waals surface area contributed by atoms with Crippen LogP contribution < -0.4 is 5.43 Å². The Labute approximate surface area is 161 Å². The summed E-state index contributed by atoms with van der Waals surface area (Å²) >= 11 is 6.51. The molecule has 0 unspecified atom stereocenters. The van der Waals surface area contributed by atoms with Crippen molar-refractivity contribution >= 4 is 44.0 Å². The Morgan fingerprint density at radius 1 is 1.08 bits per heavy atom. The zero-order valence-electron chi connectivity index (χ0n) is 12.9. The predicted molar refractivity (Wildman–Crippen MR) is 104 cm³/mol. The fourth-order valence-electron chi connectivity index (χ4n) is 2.27. The van der Waals surface area contributed by atoms with Crippen LogP contribution in [0.25, 0.3) is 5.69 Å². The number of carbonyl (C=O) groups is 1. The van der Waals surface area contributed by atoms with E-state index in [9.17, 15) is 9.90 Å². The highest BCUT2D eigenvalue weighted by Gasteiger charge is 2.11. The minimum atomic E-state index is -0.308. The van der Waals surface area contributed by atoms with Crippen LogP contribution >= 0.6 is 31.9 Å². The Kier molecular flexibility index (Phi) is 5.35. The summed E-state index contributed by atoms with van der Waals surface area (Å²) in [6.45, 7) is 0. The number of nitrogens with zero attached hydrogens (tertiary/aromatic N) is 2. The fourth-order valence-corrected chi connectivity index (χ4v) is 3.49. The maximum atomic E-state index is 12.4. The van der Waals surface area contributed by atoms with Crippen molar-refractivity contribution in [3.8, 4) is 11.4 Å². The Balaban J connectivity index is 1.78. The van der Waals surface area contributed by atoms with E-state index < -0.39 is 0 Å². The van der Waals surface area contributed by atoms with Crippen molar-refractivity contribution in [1.82, 2.24) is 9.99 Å². The lowest BCUT2D eigenvalue weighted by molar-refractivity contribution is 0.0955. The molecule has 0 saturated carbocycles. The van der Waals surface area contributed by atoms with Gasteiger partial charge in [0.15, 0.2) is 0 Å². The first-order chi connectivity index (χ1) is 12.1. The first kappa shape index (κ1) is 17.4. The minimum absolute atomic E-state index is 0.113. The molecule has 0 radical (unpaired) electrons. The number of amides is 1. The van der Waals surface area contributed by atoms with Crippen LogP contribution in [0.3, 0.4) is 0 Å². The molecule has 2 N–H and O–H groups in total. The molecular weight excluding hydrogens is 450 g/mol. The average molecular weight is 463 g/mol. The maximum Gasteiger partial charge on any atom is 0.273 e. The molecule has 0 saturated heterocycles. The number of para-hydroxylation sites is 1. The van der Waals surface area contributed by atoms with Crippen LogP contribution in [-0.2, 0) is 0 Å². The van der Waals surface area contributed by atoms with E-state index in [0.717, 1.165) is 11.3 Å². The largest absolute Gasteiger partial charge is 0.506 e. The Bertz CT molecular complexity index is 914. The monoisotopic (exact) mass is 461 g/mol. The molecule has 3 rings (SSSR count). The van der Waals surface area contributed by atoms with Crippen molar-refractivity contribution < 1.29 is 9.90 Å². The number of aromatic nitrogens is 1. The number of phenols is 1. The summed E-state index contributed by atoms with van der Waals surface area (Å²) in [5.74, 6) is -0.195. The molecule has 0 spiro atoms. The quantitative estimate of drug-likeness (QED) is 0.443. The number of rotatable bonds is 4. The first-order valence-electron chi connectivity index (χ1n) is 7.30. The van der Waals surface area contributed by atoms with Gasteiger partial charge in [-0.3, -0.25) is 4.79 Å². The average Bonchev–Trinajstić information content (AvgIpc) is 3.14. The van der Waals surface area contributed by atoms with Crippen LogP contribution in [-0.4, -0.2) is 21.8 Å². The number of aromatic hydroxyl groups is 1. The van der Waals surface area contributed by atoms with Gasteiger partial charge in [0.2, 0.25) is 0 Å². The summed E-state index contributed by atoms with van der Waals surface area (Å²) in [5.41, 5.74) is 4.54. The SMILES string of the molecule is O=C(NN=Cc1cc(Br)c(O)c(Br)c1)c1ccccc1-n1cccc1. The molecule has 1 aromatic heterocycles. The Morgan fingerprint density at radius 3 is 2.40 bits per heavy atom. The fraction of sp³-hybridized carbons (Fsp3) is 0. The van der Waals surface area contributed by atoms with Gasteiger partial charge in [0, 0.05) is 12.4 Å². The molecule has 0 fully saturated rings. The molecule has 0 aliphatic heterocycles. The van der Waals surface area contributed by atoms with Crippen LogP contribution in [0.2, 0.25) is 0 Å². The molecule has 0 bridgehead atoms. The van der Waals surface area contributed by atoms with Gasteiger partial charge in [-0.05, 0) is 73.8 Å². The number of hydrogen-bond donors (Lipinski definition) is 2. The minimum Gasteiger partial charge on any atom is -0.506 e.